The van der Waals surface area contributed by atoms with E-state index in [1.54, 1.807) is 0 Å². The van der Waals surface area contributed by atoms with Gasteiger partial charge in [0.15, 0.2) is 0 Å². The van der Waals surface area contributed by atoms with Crippen LogP contribution in [-0.4, -0.2) is 43.5 Å². The molecule has 24 heavy (non-hydrogen) atoms. The molecule has 1 fully saturated rings. The van der Waals surface area contributed by atoms with E-state index in [1.807, 2.05) is 11.8 Å². The molecule has 1 aliphatic rings. The average molecular weight is 364 g/mol. The third-order valence-corrected chi connectivity index (χ3v) is 5.57. The van der Waals surface area contributed by atoms with Crippen molar-refractivity contribution in [1.82, 2.24) is 4.90 Å². The van der Waals surface area contributed by atoms with Gasteiger partial charge in [-0.25, -0.2) is 0 Å². The fourth-order valence-corrected chi connectivity index (χ4v) is 4.18. The minimum Gasteiger partial charge on any atom is -0.379 e. The number of aryl methyl sites for hydroxylation is 1. The predicted molar refractivity (Wildman–Crippen MR) is 106 cm³/mol. The predicted octanol–water partition coefficient (Wildman–Crippen LogP) is 4.57. The van der Waals surface area contributed by atoms with Crippen LogP contribution in [-0.2, 0) is 4.74 Å². The van der Waals surface area contributed by atoms with Gasteiger partial charge in [0.25, 0.3) is 0 Å². The van der Waals surface area contributed by atoms with Gasteiger partial charge in [0, 0.05) is 25.4 Å². The van der Waals surface area contributed by atoms with Gasteiger partial charge in [-0.1, -0.05) is 60.2 Å². The number of hydrogen-bond donors (Lipinski definition) is 0. The van der Waals surface area contributed by atoms with E-state index in [2.05, 4.69) is 66.4 Å². The zero-order valence-corrected chi connectivity index (χ0v) is 15.8. The third kappa shape index (κ3) is 5.52. The summed E-state index contributed by atoms with van der Waals surface area (Å²) >= 11 is 2.04. The maximum absolute atomic E-state index is 5.43. The van der Waals surface area contributed by atoms with Gasteiger partial charge in [-0.15, -0.1) is 24.2 Å². The van der Waals surface area contributed by atoms with Crippen molar-refractivity contribution in [2.75, 3.05) is 38.6 Å². The van der Waals surface area contributed by atoms with Gasteiger partial charge in [0.1, 0.15) is 0 Å². The molecule has 130 valence electrons. The molecule has 2 aromatic carbocycles. The fraction of sp³-hybridized carbons (Fsp3) is 0.400. The lowest BCUT2D eigenvalue weighted by molar-refractivity contribution is 0.0410. The Bertz CT molecular complexity index is 584. The van der Waals surface area contributed by atoms with Crippen molar-refractivity contribution in [2.24, 2.45) is 0 Å². The highest BCUT2D eigenvalue weighted by molar-refractivity contribution is 7.99. The summed E-state index contributed by atoms with van der Waals surface area (Å²) in [6, 6.07) is 19.8. The summed E-state index contributed by atoms with van der Waals surface area (Å²) < 4.78 is 5.43. The maximum Gasteiger partial charge on any atom is 0.0594 e. The molecule has 1 saturated heterocycles. The Labute approximate surface area is 156 Å². The van der Waals surface area contributed by atoms with E-state index in [0.29, 0.717) is 5.25 Å². The quantitative estimate of drug-likeness (QED) is 0.745. The van der Waals surface area contributed by atoms with Crippen LogP contribution in [0.4, 0.5) is 0 Å². The molecule has 0 aliphatic carbocycles. The number of rotatable bonds is 6. The topological polar surface area (TPSA) is 12.5 Å². The van der Waals surface area contributed by atoms with Crippen LogP contribution < -0.4 is 0 Å². The van der Waals surface area contributed by atoms with Crippen molar-refractivity contribution in [3.8, 4) is 0 Å². The molecule has 0 amide bonds. The van der Waals surface area contributed by atoms with Crippen LogP contribution in [0.3, 0.4) is 0 Å². The van der Waals surface area contributed by atoms with E-state index in [-0.39, 0.29) is 12.4 Å². The first-order valence-corrected chi connectivity index (χ1v) is 9.41. The first-order chi connectivity index (χ1) is 11.3. The smallest absolute Gasteiger partial charge is 0.0594 e. The molecule has 0 N–H and O–H groups in total. The Kier molecular flexibility index (Phi) is 8.13. The van der Waals surface area contributed by atoms with Gasteiger partial charge in [-0.3, -0.25) is 4.90 Å². The summed E-state index contributed by atoms with van der Waals surface area (Å²) in [6.07, 6.45) is 0. The van der Waals surface area contributed by atoms with Crippen LogP contribution in [0.1, 0.15) is 21.9 Å². The highest BCUT2D eigenvalue weighted by Gasteiger charge is 2.16. The molecule has 1 heterocycles. The number of halogens is 1. The second-order valence-corrected chi connectivity index (χ2v) is 7.24. The van der Waals surface area contributed by atoms with Crippen LogP contribution in [0, 0.1) is 6.92 Å². The van der Waals surface area contributed by atoms with Gasteiger partial charge in [-0.05, 0) is 18.1 Å². The molecule has 2 aromatic rings. The average Bonchev–Trinajstić information content (AvgIpc) is 2.61. The van der Waals surface area contributed by atoms with Crippen molar-refractivity contribution >= 4 is 24.2 Å². The number of thioether (sulfide) groups is 1. The minimum absolute atomic E-state index is 0. The van der Waals surface area contributed by atoms with E-state index in [9.17, 15) is 0 Å². The highest BCUT2D eigenvalue weighted by Crippen LogP contribution is 2.35. The van der Waals surface area contributed by atoms with Crippen molar-refractivity contribution in [3.63, 3.8) is 0 Å². The Balaban J connectivity index is 0.00000208. The summed E-state index contributed by atoms with van der Waals surface area (Å²) in [4.78, 5) is 2.51. The lowest BCUT2D eigenvalue weighted by atomic mass is 10.0. The van der Waals surface area contributed by atoms with Gasteiger partial charge < -0.3 is 4.74 Å². The second kappa shape index (κ2) is 10.1. The Morgan fingerprint density at radius 1 is 0.958 bits per heavy atom. The summed E-state index contributed by atoms with van der Waals surface area (Å²) in [6.45, 7) is 7.19. The van der Waals surface area contributed by atoms with Gasteiger partial charge >= 0.3 is 0 Å². The Morgan fingerprint density at radius 2 is 1.58 bits per heavy atom. The first kappa shape index (κ1) is 19.3. The van der Waals surface area contributed by atoms with Crippen LogP contribution in [0.2, 0.25) is 0 Å². The summed E-state index contributed by atoms with van der Waals surface area (Å²) in [7, 11) is 0. The number of benzene rings is 2. The molecule has 1 unspecified atom stereocenters. The van der Waals surface area contributed by atoms with Crippen LogP contribution in [0.25, 0.3) is 0 Å². The van der Waals surface area contributed by atoms with E-state index in [4.69, 9.17) is 4.74 Å². The summed E-state index contributed by atoms with van der Waals surface area (Å²) in [5.41, 5.74) is 4.11. The zero-order chi connectivity index (χ0) is 15.9. The zero-order valence-electron chi connectivity index (χ0n) is 14.2. The van der Waals surface area contributed by atoms with E-state index in [1.165, 1.54) is 16.7 Å². The third-order valence-electron chi connectivity index (χ3n) is 4.28. The van der Waals surface area contributed by atoms with Crippen molar-refractivity contribution in [1.29, 1.82) is 0 Å². The second-order valence-electron chi connectivity index (χ2n) is 6.03. The van der Waals surface area contributed by atoms with Gasteiger partial charge in [0.2, 0.25) is 0 Å². The molecule has 0 radical (unpaired) electrons. The molecule has 0 spiro atoms. The SMILES string of the molecule is Cc1ccc(C(SCCN2CCOCC2)c2ccccc2)cc1.Cl. The lowest BCUT2D eigenvalue weighted by Crippen LogP contribution is -2.37. The fourth-order valence-electron chi connectivity index (χ4n) is 2.88. The maximum atomic E-state index is 5.43. The number of ether oxygens (including phenoxy) is 1. The van der Waals surface area contributed by atoms with E-state index >= 15 is 0 Å². The molecule has 1 atom stereocenters. The lowest BCUT2D eigenvalue weighted by Gasteiger charge is -2.27. The number of morpholine rings is 1. The monoisotopic (exact) mass is 363 g/mol. The molecular formula is C20H26ClNOS. The summed E-state index contributed by atoms with van der Waals surface area (Å²) in [5, 5.41) is 0.415. The van der Waals surface area contributed by atoms with Crippen molar-refractivity contribution in [3.05, 3.63) is 71.3 Å². The highest BCUT2D eigenvalue weighted by atomic mass is 35.5. The molecule has 0 aromatic heterocycles. The van der Waals surface area contributed by atoms with Crippen LogP contribution >= 0.6 is 24.2 Å². The molecular weight excluding hydrogens is 338 g/mol. The standard InChI is InChI=1S/C20H25NOS.ClH/c1-17-7-9-19(10-8-17)20(18-5-3-2-4-6-18)23-16-13-21-11-14-22-15-12-21;/h2-10,20H,11-16H2,1H3;1H. The van der Waals surface area contributed by atoms with Gasteiger partial charge in [-0.2, -0.15) is 0 Å². The minimum atomic E-state index is 0. The van der Waals surface area contributed by atoms with Crippen molar-refractivity contribution < 1.29 is 4.74 Å². The van der Waals surface area contributed by atoms with E-state index in [0.717, 1.165) is 38.6 Å². The molecule has 1 aliphatic heterocycles. The number of nitrogens with zero attached hydrogens (tertiary/aromatic N) is 1. The van der Waals surface area contributed by atoms with Gasteiger partial charge in [0.05, 0.1) is 18.5 Å². The molecule has 2 nitrogen and oxygen atoms in total. The van der Waals surface area contributed by atoms with Crippen molar-refractivity contribution in [2.45, 2.75) is 12.2 Å². The molecule has 0 bridgehead atoms. The molecule has 3 rings (SSSR count). The molecule has 4 heteroatoms. The largest absolute Gasteiger partial charge is 0.379 e. The molecule has 0 saturated carbocycles. The Morgan fingerprint density at radius 3 is 2.25 bits per heavy atom. The number of hydrogen-bond acceptors (Lipinski definition) is 3. The van der Waals surface area contributed by atoms with Crippen LogP contribution in [0.5, 0.6) is 0 Å². The summed E-state index contributed by atoms with van der Waals surface area (Å²) in [5.74, 6) is 1.15. The van der Waals surface area contributed by atoms with Crippen LogP contribution in [0.15, 0.2) is 54.6 Å². The Hall–Kier alpha value is -1.00. The van der Waals surface area contributed by atoms with E-state index < -0.39 is 0 Å². The first-order valence-electron chi connectivity index (χ1n) is 8.36. The normalized spacial score (nSPS) is 16.4.